The van der Waals surface area contributed by atoms with Crippen molar-refractivity contribution in [3.05, 3.63) is 6.20 Å². The summed E-state index contributed by atoms with van der Waals surface area (Å²) < 4.78 is 33.2. The number of rotatable bonds is 8. The molecule has 0 aromatic carbocycles. The first kappa shape index (κ1) is 24.2. The summed E-state index contributed by atoms with van der Waals surface area (Å²) in [6.45, 7) is 2.15. The highest BCUT2D eigenvalue weighted by atomic mass is 32.2. The van der Waals surface area contributed by atoms with Gasteiger partial charge in [0.15, 0.2) is 5.13 Å². The van der Waals surface area contributed by atoms with Gasteiger partial charge < -0.3 is 9.64 Å². The molecule has 2 fully saturated rings. The summed E-state index contributed by atoms with van der Waals surface area (Å²) in [5, 5.41) is 3.39. The third-order valence-corrected chi connectivity index (χ3v) is 7.95. The van der Waals surface area contributed by atoms with Crippen LogP contribution in [0.2, 0.25) is 0 Å². The van der Waals surface area contributed by atoms with Crippen LogP contribution < -0.4 is 5.32 Å². The lowest BCUT2D eigenvalue weighted by Crippen LogP contribution is -2.51. The molecular formula is C21H31F2N3O3S2. The minimum absolute atomic E-state index is 0.101. The first-order chi connectivity index (χ1) is 14.9. The molecule has 0 bridgehead atoms. The van der Waals surface area contributed by atoms with Gasteiger partial charge >= 0.3 is 12.0 Å². The number of aromatic nitrogens is 1. The maximum atomic E-state index is 13.7. The van der Waals surface area contributed by atoms with Gasteiger partial charge in [-0.15, -0.1) is 11.8 Å². The van der Waals surface area contributed by atoms with Gasteiger partial charge in [0.25, 0.3) is 0 Å². The van der Waals surface area contributed by atoms with Gasteiger partial charge in [-0.3, -0.25) is 10.1 Å². The van der Waals surface area contributed by atoms with Gasteiger partial charge in [-0.05, 0) is 32.6 Å². The summed E-state index contributed by atoms with van der Waals surface area (Å²) in [4.78, 5) is 30.8. The fourth-order valence-corrected chi connectivity index (χ4v) is 6.16. The minimum Gasteiger partial charge on any atom is -0.466 e. The second-order valence-corrected chi connectivity index (χ2v) is 10.5. The fraction of sp³-hybridized carbons (Fsp3) is 0.762. The van der Waals surface area contributed by atoms with E-state index in [1.165, 1.54) is 23.1 Å². The largest absolute Gasteiger partial charge is 0.466 e. The van der Waals surface area contributed by atoms with Crippen LogP contribution in [0.1, 0.15) is 71.1 Å². The van der Waals surface area contributed by atoms with E-state index in [9.17, 15) is 18.4 Å². The van der Waals surface area contributed by atoms with Gasteiger partial charge in [0, 0.05) is 30.7 Å². The third-order valence-electron chi connectivity index (χ3n) is 5.84. The number of halogens is 2. The number of carbonyl (C=O) groups is 2. The molecule has 0 saturated heterocycles. The number of nitrogens with one attached hydrogen (secondary N) is 1. The van der Waals surface area contributed by atoms with Crippen LogP contribution in [-0.4, -0.2) is 52.3 Å². The average Bonchev–Trinajstić information content (AvgIpc) is 3.17. The Balaban J connectivity index is 1.58. The first-order valence-corrected chi connectivity index (χ1v) is 12.9. The molecule has 3 rings (SSSR count). The molecule has 2 aliphatic rings. The lowest BCUT2D eigenvalue weighted by molar-refractivity contribution is -0.142. The van der Waals surface area contributed by atoms with Gasteiger partial charge in [0.2, 0.25) is 5.92 Å². The molecule has 0 spiro atoms. The summed E-state index contributed by atoms with van der Waals surface area (Å²) in [7, 11) is 0. The fourth-order valence-electron chi connectivity index (χ4n) is 4.30. The van der Waals surface area contributed by atoms with Crippen molar-refractivity contribution in [1.82, 2.24) is 9.88 Å². The Bertz CT molecular complexity index is 731. The smallest absolute Gasteiger partial charge is 0.324 e. The SMILES string of the molecule is CCOC(=O)CCSc1cnc(NC(=O)N(C2CCCCC2)C2CCC(F)(F)CC2)s1. The van der Waals surface area contributed by atoms with Crippen LogP contribution >= 0.6 is 23.1 Å². The van der Waals surface area contributed by atoms with E-state index in [0.29, 0.717) is 36.8 Å². The predicted octanol–water partition coefficient (Wildman–Crippen LogP) is 5.93. The zero-order valence-corrected chi connectivity index (χ0v) is 19.5. The third kappa shape index (κ3) is 7.30. The molecule has 0 radical (unpaired) electrons. The highest BCUT2D eigenvalue weighted by Gasteiger charge is 2.40. The number of alkyl halides is 2. The van der Waals surface area contributed by atoms with Crippen molar-refractivity contribution >= 4 is 40.2 Å². The summed E-state index contributed by atoms with van der Waals surface area (Å²) in [6.07, 6.45) is 7.49. The Labute approximate surface area is 190 Å². The van der Waals surface area contributed by atoms with Crippen LogP contribution in [0.3, 0.4) is 0 Å². The van der Waals surface area contributed by atoms with Crippen LogP contribution in [0.25, 0.3) is 0 Å². The molecule has 10 heteroatoms. The van der Waals surface area contributed by atoms with Crippen molar-refractivity contribution in [2.45, 2.75) is 93.3 Å². The van der Waals surface area contributed by atoms with Crippen molar-refractivity contribution in [2.75, 3.05) is 17.7 Å². The minimum atomic E-state index is -2.61. The highest BCUT2D eigenvalue weighted by Crippen LogP contribution is 2.38. The molecule has 1 heterocycles. The molecule has 0 unspecified atom stereocenters. The van der Waals surface area contributed by atoms with E-state index in [-0.39, 0.29) is 36.9 Å². The Kier molecular flexibility index (Phi) is 8.95. The predicted molar refractivity (Wildman–Crippen MR) is 119 cm³/mol. The van der Waals surface area contributed by atoms with Crippen molar-refractivity contribution in [3.63, 3.8) is 0 Å². The monoisotopic (exact) mass is 475 g/mol. The maximum Gasteiger partial charge on any atom is 0.324 e. The van der Waals surface area contributed by atoms with E-state index < -0.39 is 5.92 Å². The van der Waals surface area contributed by atoms with E-state index in [1.807, 2.05) is 4.90 Å². The summed E-state index contributed by atoms with van der Waals surface area (Å²) >= 11 is 2.85. The van der Waals surface area contributed by atoms with E-state index in [0.717, 1.165) is 36.3 Å². The number of anilines is 1. The summed E-state index contributed by atoms with van der Waals surface area (Å²) in [6, 6.07) is -0.287. The first-order valence-electron chi connectivity index (χ1n) is 11.1. The van der Waals surface area contributed by atoms with Gasteiger partial charge in [-0.25, -0.2) is 18.6 Å². The molecule has 1 N–H and O–H groups in total. The zero-order valence-electron chi connectivity index (χ0n) is 17.9. The number of carbonyl (C=O) groups excluding carboxylic acids is 2. The molecule has 0 atom stereocenters. The lowest BCUT2D eigenvalue weighted by Gasteiger charge is -2.42. The topological polar surface area (TPSA) is 71.5 Å². The Morgan fingerprint density at radius 3 is 2.58 bits per heavy atom. The molecule has 2 amide bonds. The normalized spacial score (nSPS) is 19.7. The number of urea groups is 1. The molecule has 0 aliphatic heterocycles. The maximum absolute atomic E-state index is 13.7. The van der Waals surface area contributed by atoms with E-state index in [1.54, 1.807) is 13.1 Å². The van der Waals surface area contributed by atoms with Crippen molar-refractivity contribution < 1.29 is 23.1 Å². The average molecular weight is 476 g/mol. The van der Waals surface area contributed by atoms with Crippen LogP contribution in [0.4, 0.5) is 18.7 Å². The van der Waals surface area contributed by atoms with Crippen LogP contribution in [0.5, 0.6) is 0 Å². The summed E-state index contributed by atoms with van der Waals surface area (Å²) in [5.41, 5.74) is 0. The van der Waals surface area contributed by atoms with Crippen LogP contribution in [-0.2, 0) is 9.53 Å². The van der Waals surface area contributed by atoms with Gasteiger partial charge in [-0.2, -0.15) is 0 Å². The Hall–Kier alpha value is -1.42. The molecule has 6 nitrogen and oxygen atoms in total. The number of hydrogen-bond acceptors (Lipinski definition) is 6. The molecule has 1 aromatic heterocycles. The Morgan fingerprint density at radius 2 is 1.90 bits per heavy atom. The van der Waals surface area contributed by atoms with E-state index in [4.69, 9.17) is 4.74 Å². The summed E-state index contributed by atoms with van der Waals surface area (Å²) in [5.74, 6) is -2.26. The lowest BCUT2D eigenvalue weighted by atomic mass is 9.87. The number of ether oxygens (including phenoxy) is 1. The number of esters is 1. The van der Waals surface area contributed by atoms with E-state index in [2.05, 4.69) is 10.3 Å². The molecular weight excluding hydrogens is 444 g/mol. The zero-order chi connectivity index (χ0) is 22.3. The molecule has 1 aromatic rings. The van der Waals surface area contributed by atoms with Gasteiger partial charge in [0.05, 0.1) is 23.4 Å². The quantitative estimate of drug-likeness (QED) is 0.373. The second-order valence-electron chi connectivity index (χ2n) is 8.10. The van der Waals surface area contributed by atoms with E-state index >= 15 is 0 Å². The van der Waals surface area contributed by atoms with Gasteiger partial charge in [-0.1, -0.05) is 30.6 Å². The number of nitrogens with zero attached hydrogens (tertiary/aromatic N) is 2. The molecule has 2 aliphatic carbocycles. The molecule has 174 valence electrons. The Morgan fingerprint density at radius 1 is 1.23 bits per heavy atom. The standard InChI is InChI=1S/C21H31F2N3O3S2/c1-2-29-17(27)10-13-30-18-14-24-19(31-18)25-20(28)26(15-6-4-3-5-7-15)16-8-11-21(22,23)12-9-16/h14-16H,2-13H2,1H3,(H,24,25,28). The molecule has 31 heavy (non-hydrogen) atoms. The van der Waals surface area contributed by atoms with Gasteiger partial charge in [0.1, 0.15) is 0 Å². The number of hydrogen-bond donors (Lipinski definition) is 1. The number of amides is 2. The van der Waals surface area contributed by atoms with Crippen LogP contribution in [0.15, 0.2) is 10.4 Å². The number of thiazole rings is 1. The van der Waals surface area contributed by atoms with Crippen molar-refractivity contribution in [2.24, 2.45) is 0 Å². The van der Waals surface area contributed by atoms with Crippen molar-refractivity contribution in [3.8, 4) is 0 Å². The van der Waals surface area contributed by atoms with Crippen molar-refractivity contribution in [1.29, 1.82) is 0 Å². The highest BCUT2D eigenvalue weighted by molar-refractivity contribution is 8.01. The second kappa shape index (κ2) is 11.4. The molecule has 2 saturated carbocycles. The van der Waals surface area contributed by atoms with Crippen LogP contribution in [0, 0.1) is 0 Å². The number of thioether (sulfide) groups is 1.